The van der Waals surface area contributed by atoms with Gasteiger partial charge < -0.3 is 10.1 Å². The lowest BCUT2D eigenvalue weighted by atomic mass is 10.1. The molecule has 1 heterocycles. The molecule has 0 aromatic heterocycles. The zero-order valence-corrected chi connectivity index (χ0v) is 15.1. The molecule has 142 valence electrons. The maximum absolute atomic E-state index is 12.0. The monoisotopic (exact) mass is 368 g/mol. The van der Waals surface area contributed by atoms with Crippen molar-refractivity contribution in [2.24, 2.45) is 0 Å². The standard InChI is InChI=1S/C20H24N4O3/c25-19(16-6-2-1-3-7-16)22-23-20(26)21-14-17-8-4-5-9-18(17)15-24-10-12-27-13-11-24/h1-9H,10-15H2,(H,22,25)(H2,21,23,26). The Labute approximate surface area is 158 Å². The highest BCUT2D eigenvalue weighted by Crippen LogP contribution is 2.12. The second kappa shape index (κ2) is 9.70. The first kappa shape index (κ1) is 18.9. The Morgan fingerprint density at radius 3 is 2.30 bits per heavy atom. The van der Waals surface area contributed by atoms with Crippen molar-refractivity contribution in [3.05, 3.63) is 71.3 Å². The number of amides is 3. The third-order valence-electron chi connectivity index (χ3n) is 4.38. The van der Waals surface area contributed by atoms with Gasteiger partial charge in [-0.15, -0.1) is 0 Å². The van der Waals surface area contributed by atoms with Crippen LogP contribution in [0.1, 0.15) is 21.5 Å². The van der Waals surface area contributed by atoms with E-state index in [1.165, 1.54) is 5.56 Å². The number of carbonyl (C=O) groups excluding carboxylic acids is 2. The number of rotatable bonds is 5. The Hall–Kier alpha value is -2.90. The van der Waals surface area contributed by atoms with E-state index in [9.17, 15) is 9.59 Å². The predicted octanol–water partition coefficient (Wildman–Crippen LogP) is 1.66. The van der Waals surface area contributed by atoms with E-state index in [2.05, 4.69) is 27.1 Å². The minimum Gasteiger partial charge on any atom is -0.379 e. The molecule has 1 aliphatic rings. The van der Waals surface area contributed by atoms with Gasteiger partial charge in [-0.05, 0) is 23.3 Å². The average molecular weight is 368 g/mol. The molecule has 3 N–H and O–H groups in total. The molecule has 0 aliphatic carbocycles. The van der Waals surface area contributed by atoms with Crippen molar-refractivity contribution >= 4 is 11.9 Å². The topological polar surface area (TPSA) is 82.7 Å². The minimum absolute atomic E-state index is 0.363. The van der Waals surface area contributed by atoms with E-state index in [4.69, 9.17) is 4.74 Å². The van der Waals surface area contributed by atoms with Crippen molar-refractivity contribution in [1.29, 1.82) is 0 Å². The molecule has 2 aromatic rings. The van der Waals surface area contributed by atoms with Gasteiger partial charge in [0, 0.05) is 31.7 Å². The lowest BCUT2D eigenvalue weighted by molar-refractivity contribution is 0.0341. The third-order valence-corrected chi connectivity index (χ3v) is 4.38. The Bertz CT molecular complexity index is 761. The molecule has 3 rings (SSSR count). The van der Waals surface area contributed by atoms with Gasteiger partial charge in [0.1, 0.15) is 0 Å². The summed E-state index contributed by atoms with van der Waals surface area (Å²) in [5.41, 5.74) is 7.47. The fourth-order valence-electron chi connectivity index (χ4n) is 2.88. The summed E-state index contributed by atoms with van der Waals surface area (Å²) in [6, 6.07) is 16.3. The summed E-state index contributed by atoms with van der Waals surface area (Å²) in [7, 11) is 0. The van der Waals surface area contributed by atoms with Crippen LogP contribution in [0.15, 0.2) is 54.6 Å². The Balaban J connectivity index is 1.48. The lowest BCUT2D eigenvalue weighted by Gasteiger charge is -2.27. The Morgan fingerprint density at radius 1 is 0.889 bits per heavy atom. The van der Waals surface area contributed by atoms with Crippen LogP contribution < -0.4 is 16.2 Å². The number of morpholine rings is 1. The molecule has 0 radical (unpaired) electrons. The molecule has 27 heavy (non-hydrogen) atoms. The maximum Gasteiger partial charge on any atom is 0.333 e. The zero-order chi connectivity index (χ0) is 18.9. The van der Waals surface area contributed by atoms with E-state index in [1.54, 1.807) is 24.3 Å². The van der Waals surface area contributed by atoms with Gasteiger partial charge in [0.25, 0.3) is 5.91 Å². The molecule has 0 saturated carbocycles. The normalized spacial score (nSPS) is 14.4. The van der Waals surface area contributed by atoms with Crippen molar-refractivity contribution in [2.45, 2.75) is 13.1 Å². The molecule has 1 saturated heterocycles. The number of benzene rings is 2. The van der Waals surface area contributed by atoms with Crippen molar-refractivity contribution in [3.63, 3.8) is 0 Å². The average Bonchev–Trinajstić information content (AvgIpc) is 2.73. The van der Waals surface area contributed by atoms with E-state index in [0.29, 0.717) is 12.1 Å². The molecule has 7 heteroatoms. The highest BCUT2D eigenvalue weighted by atomic mass is 16.5. The first-order chi connectivity index (χ1) is 13.2. The van der Waals surface area contributed by atoms with Crippen molar-refractivity contribution in [2.75, 3.05) is 26.3 Å². The van der Waals surface area contributed by atoms with Gasteiger partial charge >= 0.3 is 6.03 Å². The summed E-state index contributed by atoms with van der Waals surface area (Å²) in [5, 5.41) is 2.78. The molecule has 0 unspecified atom stereocenters. The van der Waals surface area contributed by atoms with Gasteiger partial charge in [-0.3, -0.25) is 15.1 Å². The van der Waals surface area contributed by atoms with Crippen LogP contribution in [0.4, 0.5) is 4.79 Å². The SMILES string of the molecule is O=C(NCc1ccccc1CN1CCOCC1)NNC(=O)c1ccccc1. The number of hydrogen-bond acceptors (Lipinski definition) is 4. The predicted molar refractivity (Wildman–Crippen MR) is 102 cm³/mol. The van der Waals surface area contributed by atoms with Crippen LogP contribution in [0.3, 0.4) is 0 Å². The fourth-order valence-corrected chi connectivity index (χ4v) is 2.88. The summed E-state index contributed by atoms with van der Waals surface area (Å²) in [6.07, 6.45) is 0. The largest absolute Gasteiger partial charge is 0.379 e. The molecule has 2 aromatic carbocycles. The number of hydrogen-bond donors (Lipinski definition) is 3. The van der Waals surface area contributed by atoms with E-state index in [0.717, 1.165) is 38.4 Å². The van der Waals surface area contributed by atoms with Crippen LogP contribution in [0, 0.1) is 0 Å². The minimum atomic E-state index is -0.458. The molecule has 0 atom stereocenters. The Morgan fingerprint density at radius 2 is 1.56 bits per heavy atom. The third kappa shape index (κ3) is 5.80. The highest BCUT2D eigenvalue weighted by molar-refractivity contribution is 5.95. The molecule has 7 nitrogen and oxygen atoms in total. The summed E-state index contributed by atoms with van der Waals surface area (Å²) in [6.45, 7) is 4.54. The summed E-state index contributed by atoms with van der Waals surface area (Å²) < 4.78 is 5.38. The fraction of sp³-hybridized carbons (Fsp3) is 0.300. The van der Waals surface area contributed by atoms with Gasteiger partial charge in [0.05, 0.1) is 13.2 Å². The van der Waals surface area contributed by atoms with Gasteiger partial charge in [-0.25, -0.2) is 10.2 Å². The van der Waals surface area contributed by atoms with Crippen LogP contribution in [0.5, 0.6) is 0 Å². The van der Waals surface area contributed by atoms with Gasteiger partial charge in [-0.2, -0.15) is 0 Å². The number of urea groups is 1. The van der Waals surface area contributed by atoms with Crippen molar-refractivity contribution in [3.8, 4) is 0 Å². The smallest absolute Gasteiger partial charge is 0.333 e. The molecule has 0 bridgehead atoms. The summed E-state index contributed by atoms with van der Waals surface area (Å²) in [4.78, 5) is 26.3. The van der Waals surface area contributed by atoms with Crippen LogP contribution in [0.25, 0.3) is 0 Å². The molecular weight excluding hydrogens is 344 g/mol. The molecule has 3 amide bonds. The second-order valence-electron chi connectivity index (χ2n) is 6.29. The van der Waals surface area contributed by atoms with Crippen molar-refractivity contribution < 1.29 is 14.3 Å². The van der Waals surface area contributed by atoms with E-state index in [-0.39, 0.29) is 5.91 Å². The summed E-state index contributed by atoms with van der Waals surface area (Å²) >= 11 is 0. The second-order valence-corrected chi connectivity index (χ2v) is 6.29. The van der Waals surface area contributed by atoms with Crippen LogP contribution in [-0.4, -0.2) is 43.1 Å². The number of hydrazine groups is 1. The van der Waals surface area contributed by atoms with Crippen LogP contribution in [0.2, 0.25) is 0 Å². The van der Waals surface area contributed by atoms with Crippen LogP contribution >= 0.6 is 0 Å². The van der Waals surface area contributed by atoms with Gasteiger partial charge in [0.2, 0.25) is 0 Å². The zero-order valence-electron chi connectivity index (χ0n) is 15.1. The first-order valence-corrected chi connectivity index (χ1v) is 8.98. The van der Waals surface area contributed by atoms with Gasteiger partial charge in [-0.1, -0.05) is 42.5 Å². The van der Waals surface area contributed by atoms with E-state index in [1.807, 2.05) is 24.3 Å². The number of carbonyl (C=O) groups is 2. The summed E-state index contributed by atoms with van der Waals surface area (Å²) in [5.74, 6) is -0.363. The molecule has 1 fully saturated rings. The first-order valence-electron chi connectivity index (χ1n) is 8.98. The number of nitrogens with one attached hydrogen (secondary N) is 3. The van der Waals surface area contributed by atoms with Crippen molar-refractivity contribution in [1.82, 2.24) is 21.1 Å². The number of ether oxygens (including phenoxy) is 1. The maximum atomic E-state index is 12.0. The lowest BCUT2D eigenvalue weighted by Crippen LogP contribution is -2.46. The van der Waals surface area contributed by atoms with E-state index < -0.39 is 6.03 Å². The number of nitrogens with zero attached hydrogens (tertiary/aromatic N) is 1. The highest BCUT2D eigenvalue weighted by Gasteiger charge is 2.13. The Kier molecular flexibility index (Phi) is 6.78. The van der Waals surface area contributed by atoms with E-state index >= 15 is 0 Å². The van der Waals surface area contributed by atoms with Crippen LogP contribution in [-0.2, 0) is 17.8 Å². The molecular formula is C20H24N4O3. The van der Waals surface area contributed by atoms with Gasteiger partial charge in [0.15, 0.2) is 0 Å². The quantitative estimate of drug-likeness (QED) is 0.701. The molecule has 1 aliphatic heterocycles. The molecule has 0 spiro atoms.